The summed E-state index contributed by atoms with van der Waals surface area (Å²) in [7, 11) is 0.878. The lowest BCUT2D eigenvalue weighted by molar-refractivity contribution is 0.259. The molecule has 2 rings (SSSR count). The summed E-state index contributed by atoms with van der Waals surface area (Å²) in [6.45, 7) is 5.47. The number of ether oxygens (including phenoxy) is 1. The molecular formula is C23H34N4O3S. The lowest BCUT2D eigenvalue weighted by Crippen LogP contribution is -2.38. The Hall–Kier alpha value is -2.58. The predicted octanol–water partition coefficient (Wildman–Crippen LogP) is 2.33. The van der Waals surface area contributed by atoms with Gasteiger partial charge in [-0.1, -0.05) is 30.3 Å². The third-order valence-corrected chi connectivity index (χ3v) is 5.71. The minimum Gasteiger partial charge on any atom is -0.492 e. The zero-order valence-corrected chi connectivity index (χ0v) is 19.7. The first-order valence-corrected chi connectivity index (χ1v) is 12.4. The molecule has 0 saturated heterocycles. The molecule has 0 atom stereocenters. The molecule has 7 nitrogen and oxygen atoms in total. The van der Waals surface area contributed by atoms with Crippen molar-refractivity contribution in [1.29, 1.82) is 0 Å². The van der Waals surface area contributed by atoms with E-state index in [2.05, 4.69) is 20.5 Å². The van der Waals surface area contributed by atoms with E-state index in [0.29, 0.717) is 24.6 Å². The molecule has 0 aliphatic carbocycles. The maximum atomic E-state index is 11.6. The molecule has 0 saturated carbocycles. The summed E-state index contributed by atoms with van der Waals surface area (Å²) >= 11 is 0. The standard InChI is InChI=1S/C23H34N4O3S/c1-5-24-23(25-15-14-19-10-12-21(13-11-19)31(4,28)29)26-18-20-8-6-7-9-22(20)30-17-16-27(2)3/h6-13H,5,14-18H2,1-4H3,(H2,24,25,26). The number of likely N-dealkylation sites (N-methyl/N-ethyl adjacent to an activating group) is 1. The van der Waals surface area contributed by atoms with Gasteiger partial charge < -0.3 is 20.3 Å². The number of sulfone groups is 1. The van der Waals surface area contributed by atoms with Crippen molar-refractivity contribution >= 4 is 15.8 Å². The molecule has 2 aromatic rings. The molecule has 0 aliphatic rings. The molecule has 8 heteroatoms. The quantitative estimate of drug-likeness (QED) is 0.407. The van der Waals surface area contributed by atoms with Gasteiger partial charge in [-0.2, -0.15) is 0 Å². The van der Waals surface area contributed by atoms with Crippen molar-refractivity contribution in [3.63, 3.8) is 0 Å². The molecular weight excluding hydrogens is 412 g/mol. The molecule has 2 N–H and O–H groups in total. The van der Waals surface area contributed by atoms with Gasteiger partial charge in [-0.25, -0.2) is 13.4 Å². The van der Waals surface area contributed by atoms with Crippen LogP contribution in [0.2, 0.25) is 0 Å². The second kappa shape index (κ2) is 12.3. The number of aliphatic imine (C=N–C) groups is 1. The van der Waals surface area contributed by atoms with Gasteiger partial charge >= 0.3 is 0 Å². The fourth-order valence-corrected chi connectivity index (χ4v) is 3.48. The van der Waals surface area contributed by atoms with Crippen LogP contribution in [-0.4, -0.2) is 65.9 Å². The molecule has 0 bridgehead atoms. The smallest absolute Gasteiger partial charge is 0.191 e. The number of benzene rings is 2. The van der Waals surface area contributed by atoms with Gasteiger partial charge in [0.05, 0.1) is 11.4 Å². The molecule has 0 spiro atoms. The summed E-state index contributed by atoms with van der Waals surface area (Å²) in [4.78, 5) is 7.11. The highest BCUT2D eigenvalue weighted by atomic mass is 32.2. The minimum atomic E-state index is -3.17. The van der Waals surface area contributed by atoms with E-state index < -0.39 is 9.84 Å². The number of rotatable bonds is 11. The maximum Gasteiger partial charge on any atom is 0.191 e. The van der Waals surface area contributed by atoms with E-state index in [1.807, 2.05) is 57.4 Å². The third-order valence-electron chi connectivity index (χ3n) is 4.58. The van der Waals surface area contributed by atoms with E-state index >= 15 is 0 Å². The number of nitrogens with zero attached hydrogens (tertiary/aromatic N) is 2. The summed E-state index contributed by atoms with van der Waals surface area (Å²) in [6.07, 6.45) is 1.98. The molecule has 0 fully saturated rings. The average Bonchev–Trinajstić information content (AvgIpc) is 2.72. The van der Waals surface area contributed by atoms with Gasteiger partial charge in [0.25, 0.3) is 0 Å². The number of hydrogen-bond acceptors (Lipinski definition) is 5. The monoisotopic (exact) mass is 446 g/mol. The van der Waals surface area contributed by atoms with Crippen LogP contribution in [-0.2, 0) is 22.8 Å². The van der Waals surface area contributed by atoms with E-state index in [4.69, 9.17) is 4.74 Å². The van der Waals surface area contributed by atoms with Crippen LogP contribution in [0.3, 0.4) is 0 Å². The SMILES string of the molecule is CCNC(=NCc1ccccc1OCCN(C)C)NCCc1ccc(S(C)(=O)=O)cc1. The van der Waals surface area contributed by atoms with Crippen LogP contribution in [0, 0.1) is 0 Å². The van der Waals surface area contributed by atoms with E-state index in [0.717, 1.165) is 42.3 Å². The van der Waals surface area contributed by atoms with Crippen molar-refractivity contribution in [1.82, 2.24) is 15.5 Å². The summed E-state index contributed by atoms with van der Waals surface area (Å²) in [6, 6.07) is 15.0. The van der Waals surface area contributed by atoms with Crippen molar-refractivity contribution in [3.8, 4) is 5.75 Å². The van der Waals surface area contributed by atoms with Gasteiger partial charge in [-0.05, 0) is 51.2 Å². The van der Waals surface area contributed by atoms with Crippen LogP contribution in [0.4, 0.5) is 0 Å². The zero-order valence-electron chi connectivity index (χ0n) is 18.9. The van der Waals surface area contributed by atoms with E-state index in [9.17, 15) is 8.42 Å². The van der Waals surface area contributed by atoms with Crippen LogP contribution >= 0.6 is 0 Å². The van der Waals surface area contributed by atoms with E-state index in [-0.39, 0.29) is 0 Å². The molecule has 0 radical (unpaired) electrons. The summed E-state index contributed by atoms with van der Waals surface area (Å²) in [5, 5.41) is 6.59. The molecule has 0 amide bonds. The Kier molecular flexibility index (Phi) is 9.81. The second-order valence-corrected chi connectivity index (χ2v) is 9.56. The van der Waals surface area contributed by atoms with Gasteiger partial charge in [-0.15, -0.1) is 0 Å². The van der Waals surface area contributed by atoms with E-state index in [1.165, 1.54) is 6.26 Å². The van der Waals surface area contributed by atoms with Crippen LogP contribution < -0.4 is 15.4 Å². The van der Waals surface area contributed by atoms with Crippen molar-refractivity contribution in [2.75, 3.05) is 46.6 Å². The Morgan fingerprint density at radius 3 is 2.42 bits per heavy atom. The van der Waals surface area contributed by atoms with Gasteiger partial charge in [0, 0.05) is 31.5 Å². The molecule has 2 aromatic carbocycles. The fraction of sp³-hybridized carbons (Fsp3) is 0.435. The number of nitrogens with one attached hydrogen (secondary N) is 2. The van der Waals surface area contributed by atoms with Crippen LogP contribution in [0.25, 0.3) is 0 Å². The second-order valence-electron chi connectivity index (χ2n) is 7.55. The number of hydrogen-bond donors (Lipinski definition) is 2. The fourth-order valence-electron chi connectivity index (χ4n) is 2.85. The van der Waals surface area contributed by atoms with Crippen molar-refractivity contribution in [2.24, 2.45) is 4.99 Å². The average molecular weight is 447 g/mol. The van der Waals surface area contributed by atoms with Crippen molar-refractivity contribution in [3.05, 3.63) is 59.7 Å². The first-order valence-electron chi connectivity index (χ1n) is 10.5. The summed E-state index contributed by atoms with van der Waals surface area (Å²) in [5.41, 5.74) is 2.10. The lowest BCUT2D eigenvalue weighted by Gasteiger charge is -2.14. The first kappa shape index (κ1) is 24.7. The van der Waals surface area contributed by atoms with Crippen LogP contribution in [0.1, 0.15) is 18.1 Å². The normalized spacial score (nSPS) is 12.1. The topological polar surface area (TPSA) is 83.0 Å². The van der Waals surface area contributed by atoms with Gasteiger partial charge in [-0.3, -0.25) is 0 Å². The molecule has 0 heterocycles. The molecule has 31 heavy (non-hydrogen) atoms. The Morgan fingerprint density at radius 2 is 1.77 bits per heavy atom. The lowest BCUT2D eigenvalue weighted by atomic mass is 10.1. The minimum absolute atomic E-state index is 0.338. The Bertz CT molecular complexity index is 942. The molecule has 0 aromatic heterocycles. The van der Waals surface area contributed by atoms with Gasteiger partial charge in [0.2, 0.25) is 0 Å². The van der Waals surface area contributed by atoms with Crippen molar-refractivity contribution < 1.29 is 13.2 Å². The van der Waals surface area contributed by atoms with Crippen molar-refractivity contribution in [2.45, 2.75) is 24.8 Å². The Morgan fingerprint density at radius 1 is 1.06 bits per heavy atom. The molecule has 0 aliphatic heterocycles. The molecule has 170 valence electrons. The van der Waals surface area contributed by atoms with Crippen LogP contribution in [0.5, 0.6) is 5.75 Å². The Labute approximate surface area is 186 Å². The van der Waals surface area contributed by atoms with Gasteiger partial charge in [0.15, 0.2) is 15.8 Å². The first-order chi connectivity index (χ1) is 14.8. The summed E-state index contributed by atoms with van der Waals surface area (Å²) in [5.74, 6) is 1.59. The predicted molar refractivity (Wildman–Crippen MR) is 127 cm³/mol. The number of guanidine groups is 1. The number of para-hydroxylation sites is 1. The van der Waals surface area contributed by atoms with Gasteiger partial charge in [0.1, 0.15) is 12.4 Å². The highest BCUT2D eigenvalue weighted by Crippen LogP contribution is 2.18. The maximum absolute atomic E-state index is 11.6. The third kappa shape index (κ3) is 8.98. The van der Waals surface area contributed by atoms with Crippen LogP contribution in [0.15, 0.2) is 58.4 Å². The highest BCUT2D eigenvalue weighted by molar-refractivity contribution is 7.90. The molecule has 0 unspecified atom stereocenters. The Balaban J connectivity index is 1.93. The highest BCUT2D eigenvalue weighted by Gasteiger charge is 2.07. The summed E-state index contributed by atoms with van der Waals surface area (Å²) < 4.78 is 29.1. The van der Waals surface area contributed by atoms with E-state index in [1.54, 1.807) is 12.1 Å². The largest absolute Gasteiger partial charge is 0.492 e. The zero-order chi connectivity index (χ0) is 22.7.